The number of hydrogen-bond acceptors (Lipinski definition) is 1. The summed E-state index contributed by atoms with van der Waals surface area (Å²) in [5.41, 5.74) is 5.13. The van der Waals surface area contributed by atoms with E-state index in [1.807, 2.05) is 6.92 Å². The fourth-order valence-electron chi connectivity index (χ4n) is 1.84. The minimum Gasteiger partial charge on any atom is -0.369 e. The van der Waals surface area contributed by atoms with Crippen LogP contribution in [0.5, 0.6) is 0 Å². The van der Waals surface area contributed by atoms with Crippen LogP contribution in [0.25, 0.3) is 0 Å². The number of rotatable bonds is 5. The molecule has 2 N–H and O–H groups in total. The van der Waals surface area contributed by atoms with Gasteiger partial charge in [0, 0.05) is 5.41 Å². The first-order chi connectivity index (χ1) is 5.84. The second-order valence-corrected chi connectivity index (χ2v) is 4.69. The first-order valence-electron chi connectivity index (χ1n) is 5.14. The molecule has 2 nitrogen and oxygen atoms in total. The summed E-state index contributed by atoms with van der Waals surface area (Å²) in [6, 6.07) is 0. The van der Waals surface area contributed by atoms with Crippen LogP contribution in [0.2, 0.25) is 0 Å². The summed E-state index contributed by atoms with van der Waals surface area (Å²) in [5.74, 6) is 0.731. The summed E-state index contributed by atoms with van der Waals surface area (Å²) < 4.78 is 0. The van der Waals surface area contributed by atoms with Crippen molar-refractivity contribution >= 4 is 5.91 Å². The fraction of sp³-hybridized carbons (Fsp3) is 0.909. The van der Waals surface area contributed by atoms with Crippen molar-refractivity contribution in [2.24, 2.45) is 23.0 Å². The van der Waals surface area contributed by atoms with E-state index in [-0.39, 0.29) is 11.3 Å². The third-order valence-electron chi connectivity index (χ3n) is 3.10. The highest BCUT2D eigenvalue weighted by Gasteiger charge is 2.36. The van der Waals surface area contributed by atoms with Crippen LogP contribution in [0.15, 0.2) is 0 Å². The predicted molar refractivity (Wildman–Crippen MR) is 56.2 cm³/mol. The normalized spacial score (nSPS) is 18.3. The molecule has 0 aliphatic carbocycles. The van der Waals surface area contributed by atoms with Gasteiger partial charge in [-0.1, -0.05) is 41.0 Å². The molecule has 2 unspecified atom stereocenters. The molecular formula is C11H23NO. The maximum atomic E-state index is 11.4. The number of hydrogen-bond donors (Lipinski definition) is 1. The molecule has 0 aromatic carbocycles. The molecule has 0 bridgehead atoms. The lowest BCUT2D eigenvalue weighted by Gasteiger charge is -2.33. The Morgan fingerprint density at radius 3 is 2.08 bits per heavy atom. The molecule has 0 rings (SSSR count). The van der Waals surface area contributed by atoms with Crippen molar-refractivity contribution < 1.29 is 4.79 Å². The zero-order valence-corrected chi connectivity index (χ0v) is 9.55. The topological polar surface area (TPSA) is 43.1 Å². The Hall–Kier alpha value is -0.530. The van der Waals surface area contributed by atoms with Gasteiger partial charge in [-0.3, -0.25) is 4.79 Å². The van der Waals surface area contributed by atoms with E-state index in [4.69, 9.17) is 5.73 Å². The molecule has 0 saturated heterocycles. The molecule has 2 heteroatoms. The van der Waals surface area contributed by atoms with E-state index in [0.29, 0.717) is 11.8 Å². The van der Waals surface area contributed by atoms with Crippen LogP contribution < -0.4 is 5.73 Å². The molecule has 0 aromatic heterocycles. The van der Waals surface area contributed by atoms with Crippen molar-refractivity contribution in [2.75, 3.05) is 0 Å². The van der Waals surface area contributed by atoms with Gasteiger partial charge in [0.15, 0.2) is 0 Å². The summed E-state index contributed by atoms with van der Waals surface area (Å²) in [6.45, 7) is 10.5. The molecule has 0 fully saturated rings. The quantitative estimate of drug-likeness (QED) is 0.703. The Kier molecular flexibility index (Phi) is 4.45. The highest BCUT2D eigenvalue weighted by molar-refractivity contribution is 5.80. The molecule has 0 spiro atoms. The summed E-state index contributed by atoms with van der Waals surface area (Å²) >= 11 is 0. The van der Waals surface area contributed by atoms with Gasteiger partial charge in [0.05, 0.1) is 0 Å². The predicted octanol–water partition coefficient (Wildman–Crippen LogP) is 2.57. The van der Waals surface area contributed by atoms with E-state index < -0.39 is 0 Å². The maximum Gasteiger partial charge on any atom is 0.223 e. The van der Waals surface area contributed by atoms with Crippen molar-refractivity contribution in [1.82, 2.24) is 0 Å². The number of carbonyl (C=O) groups is 1. The van der Waals surface area contributed by atoms with Crippen molar-refractivity contribution in [3.8, 4) is 0 Å². The minimum atomic E-state index is -0.330. The number of carbonyl (C=O) groups excluding carboxylic acids is 1. The Morgan fingerprint density at radius 1 is 1.38 bits per heavy atom. The van der Waals surface area contributed by atoms with E-state index in [1.54, 1.807) is 0 Å². The Bertz CT molecular complexity index is 177. The number of primary amides is 1. The van der Waals surface area contributed by atoms with Gasteiger partial charge in [-0.2, -0.15) is 0 Å². The average molecular weight is 185 g/mol. The van der Waals surface area contributed by atoms with Gasteiger partial charge in [-0.05, 0) is 18.3 Å². The van der Waals surface area contributed by atoms with E-state index in [1.165, 1.54) is 0 Å². The monoisotopic (exact) mass is 185 g/mol. The molecule has 1 amide bonds. The van der Waals surface area contributed by atoms with E-state index >= 15 is 0 Å². The smallest absolute Gasteiger partial charge is 0.223 e. The van der Waals surface area contributed by atoms with E-state index in [9.17, 15) is 4.79 Å². The molecule has 0 aliphatic heterocycles. The zero-order valence-electron chi connectivity index (χ0n) is 9.55. The summed E-state index contributed by atoms with van der Waals surface area (Å²) in [5, 5.41) is 0. The van der Waals surface area contributed by atoms with Crippen LogP contribution in [0.4, 0.5) is 0 Å². The Morgan fingerprint density at radius 2 is 1.85 bits per heavy atom. The van der Waals surface area contributed by atoms with E-state index in [0.717, 1.165) is 12.8 Å². The van der Waals surface area contributed by atoms with Gasteiger partial charge < -0.3 is 5.73 Å². The highest BCUT2D eigenvalue weighted by atomic mass is 16.1. The van der Waals surface area contributed by atoms with Gasteiger partial charge >= 0.3 is 0 Å². The molecular weight excluding hydrogens is 162 g/mol. The molecule has 0 aliphatic rings. The average Bonchev–Trinajstić information content (AvgIpc) is 2.01. The number of amides is 1. The van der Waals surface area contributed by atoms with Crippen LogP contribution in [0.3, 0.4) is 0 Å². The van der Waals surface area contributed by atoms with Crippen LogP contribution in [0, 0.1) is 17.3 Å². The summed E-state index contributed by atoms with van der Waals surface area (Å²) in [6.07, 6.45) is 1.89. The zero-order chi connectivity index (χ0) is 10.6. The van der Waals surface area contributed by atoms with Gasteiger partial charge in [0.25, 0.3) is 0 Å². The van der Waals surface area contributed by atoms with Crippen molar-refractivity contribution in [2.45, 2.75) is 47.5 Å². The van der Waals surface area contributed by atoms with Gasteiger partial charge in [0.1, 0.15) is 0 Å². The molecule has 0 saturated carbocycles. The minimum absolute atomic E-state index is 0.157. The lowest BCUT2D eigenvalue weighted by Crippen LogP contribution is -2.40. The van der Waals surface area contributed by atoms with Gasteiger partial charge in [0.2, 0.25) is 5.91 Å². The van der Waals surface area contributed by atoms with Crippen LogP contribution in [-0.2, 0) is 4.79 Å². The lowest BCUT2D eigenvalue weighted by atomic mass is 9.71. The largest absolute Gasteiger partial charge is 0.369 e. The maximum absolute atomic E-state index is 11.4. The molecule has 2 atom stereocenters. The summed E-state index contributed by atoms with van der Waals surface area (Å²) in [4.78, 5) is 11.4. The first-order valence-corrected chi connectivity index (χ1v) is 5.14. The number of nitrogens with two attached hydrogens (primary N) is 1. The Balaban J connectivity index is 4.62. The third-order valence-corrected chi connectivity index (χ3v) is 3.10. The van der Waals surface area contributed by atoms with Crippen LogP contribution in [0.1, 0.15) is 47.5 Å². The molecule has 0 radical (unpaired) electrons. The summed E-state index contributed by atoms with van der Waals surface area (Å²) in [7, 11) is 0. The van der Waals surface area contributed by atoms with Crippen molar-refractivity contribution in [1.29, 1.82) is 0 Å². The first kappa shape index (κ1) is 12.5. The van der Waals surface area contributed by atoms with Crippen molar-refractivity contribution in [3.63, 3.8) is 0 Å². The lowest BCUT2D eigenvalue weighted by molar-refractivity contribution is -0.130. The van der Waals surface area contributed by atoms with Crippen LogP contribution in [-0.4, -0.2) is 5.91 Å². The van der Waals surface area contributed by atoms with E-state index in [2.05, 4.69) is 27.7 Å². The van der Waals surface area contributed by atoms with Crippen LogP contribution >= 0.6 is 0 Å². The van der Waals surface area contributed by atoms with Crippen molar-refractivity contribution in [3.05, 3.63) is 0 Å². The SMILES string of the molecule is CCC(C)C(C)(CC(C)C)C(N)=O. The second kappa shape index (κ2) is 4.64. The molecule has 0 heterocycles. The third kappa shape index (κ3) is 3.02. The standard InChI is InChI=1S/C11H23NO/c1-6-9(4)11(5,10(12)13)7-8(2)3/h8-9H,6-7H2,1-5H3,(H2,12,13). The molecule has 0 aromatic rings. The van der Waals surface area contributed by atoms with Gasteiger partial charge in [-0.25, -0.2) is 0 Å². The molecule has 78 valence electrons. The molecule has 13 heavy (non-hydrogen) atoms. The fourth-order valence-corrected chi connectivity index (χ4v) is 1.84. The van der Waals surface area contributed by atoms with Gasteiger partial charge in [-0.15, -0.1) is 0 Å². The Labute approximate surface area is 81.9 Å². The highest BCUT2D eigenvalue weighted by Crippen LogP contribution is 2.35. The second-order valence-electron chi connectivity index (χ2n) is 4.69.